The third-order valence-corrected chi connectivity index (χ3v) is 4.06. The summed E-state index contributed by atoms with van der Waals surface area (Å²) < 4.78 is 0. The van der Waals surface area contributed by atoms with E-state index in [9.17, 15) is 9.59 Å². The summed E-state index contributed by atoms with van der Waals surface area (Å²) in [6, 6.07) is 7.09. The van der Waals surface area contributed by atoms with Crippen molar-refractivity contribution in [2.24, 2.45) is 10.7 Å². The molecule has 6 nitrogen and oxygen atoms in total. The van der Waals surface area contributed by atoms with Crippen molar-refractivity contribution in [1.82, 2.24) is 0 Å². The number of benzene rings is 1. The highest BCUT2D eigenvalue weighted by Crippen LogP contribution is 2.31. The lowest BCUT2D eigenvalue weighted by atomic mass is 10.2. The summed E-state index contributed by atoms with van der Waals surface area (Å²) in [7, 11) is 1.58. The van der Waals surface area contributed by atoms with Gasteiger partial charge in [0.05, 0.1) is 17.1 Å². The molecule has 0 aromatic heterocycles. The van der Waals surface area contributed by atoms with Gasteiger partial charge >= 0.3 is 0 Å². The molecule has 1 aromatic rings. The monoisotopic (exact) mass is 306 g/mol. The molecule has 0 radical (unpaired) electrons. The minimum absolute atomic E-state index is 0.0902. The molecule has 0 fully saturated rings. The van der Waals surface area contributed by atoms with E-state index < -0.39 is 0 Å². The number of thioether (sulfide) groups is 1. The van der Waals surface area contributed by atoms with Crippen LogP contribution in [0.5, 0.6) is 0 Å². The highest BCUT2D eigenvalue weighted by atomic mass is 32.2. The van der Waals surface area contributed by atoms with Gasteiger partial charge in [-0.3, -0.25) is 14.6 Å². The van der Waals surface area contributed by atoms with E-state index in [-0.39, 0.29) is 30.0 Å². The van der Waals surface area contributed by atoms with Crippen LogP contribution < -0.4 is 16.0 Å². The predicted molar refractivity (Wildman–Crippen MR) is 86.6 cm³/mol. The maximum absolute atomic E-state index is 12.5. The van der Waals surface area contributed by atoms with Crippen LogP contribution in [0.15, 0.2) is 29.3 Å². The van der Waals surface area contributed by atoms with Gasteiger partial charge in [-0.2, -0.15) is 0 Å². The molecule has 0 spiro atoms. The molecule has 0 saturated carbocycles. The minimum Gasteiger partial charge on any atom is -0.379 e. The van der Waals surface area contributed by atoms with Crippen molar-refractivity contribution in [3.63, 3.8) is 0 Å². The second-order valence-corrected chi connectivity index (χ2v) is 5.73. The molecule has 3 N–H and O–H groups in total. The molecule has 0 saturated heterocycles. The van der Waals surface area contributed by atoms with E-state index in [1.807, 2.05) is 25.1 Å². The lowest BCUT2D eigenvalue weighted by Gasteiger charge is -2.27. The molecular formula is C14H18N4O2S. The molecule has 1 aliphatic heterocycles. The number of nitrogens with two attached hydrogens (primary N) is 1. The van der Waals surface area contributed by atoms with E-state index >= 15 is 0 Å². The average molecular weight is 306 g/mol. The molecule has 1 aliphatic rings. The van der Waals surface area contributed by atoms with Crippen molar-refractivity contribution in [2.45, 2.75) is 19.4 Å². The van der Waals surface area contributed by atoms with Gasteiger partial charge in [-0.05, 0) is 19.1 Å². The van der Waals surface area contributed by atoms with Crippen molar-refractivity contribution >= 4 is 40.1 Å². The summed E-state index contributed by atoms with van der Waals surface area (Å²) in [5, 5.41) is 3.19. The van der Waals surface area contributed by atoms with E-state index in [2.05, 4.69) is 10.3 Å². The van der Waals surface area contributed by atoms with Crippen LogP contribution >= 0.6 is 11.8 Å². The van der Waals surface area contributed by atoms with Crippen molar-refractivity contribution in [3.05, 3.63) is 24.3 Å². The highest BCUT2D eigenvalue weighted by molar-refractivity contribution is 8.14. The number of rotatable bonds is 2. The van der Waals surface area contributed by atoms with Gasteiger partial charge in [-0.25, -0.2) is 0 Å². The Morgan fingerprint density at radius 1 is 1.52 bits per heavy atom. The van der Waals surface area contributed by atoms with E-state index in [4.69, 9.17) is 5.73 Å². The van der Waals surface area contributed by atoms with Crippen LogP contribution in [0.25, 0.3) is 0 Å². The molecule has 0 unspecified atom stereocenters. The van der Waals surface area contributed by atoms with Crippen LogP contribution in [0.3, 0.4) is 0 Å². The average Bonchev–Trinajstić information content (AvgIpc) is 2.58. The molecule has 0 aliphatic carbocycles. The molecule has 7 heteroatoms. The first-order chi connectivity index (χ1) is 10.0. The van der Waals surface area contributed by atoms with Crippen molar-refractivity contribution < 1.29 is 9.59 Å². The number of aliphatic imine (C=N–C) groups is 1. The lowest BCUT2D eigenvalue weighted by molar-refractivity contribution is -0.117. The maximum atomic E-state index is 12.5. The van der Waals surface area contributed by atoms with Gasteiger partial charge in [-0.15, -0.1) is 0 Å². The molecule has 1 aromatic carbocycles. The number of carbonyl (C=O) groups is 2. The number of nitrogens with zero attached hydrogens (tertiary/aromatic N) is 2. The minimum atomic E-state index is -0.207. The maximum Gasteiger partial charge on any atom is 0.237 e. The Kier molecular flexibility index (Phi) is 4.85. The van der Waals surface area contributed by atoms with Gasteiger partial charge in [0, 0.05) is 19.5 Å². The largest absolute Gasteiger partial charge is 0.379 e. The Morgan fingerprint density at radius 3 is 2.95 bits per heavy atom. The zero-order chi connectivity index (χ0) is 15.4. The summed E-state index contributed by atoms with van der Waals surface area (Å²) >= 11 is 1.19. The fourth-order valence-corrected chi connectivity index (χ4v) is 2.78. The highest BCUT2D eigenvalue weighted by Gasteiger charge is 2.29. The molecule has 2 amide bonds. The molecule has 1 atom stereocenters. The second-order valence-electron chi connectivity index (χ2n) is 4.73. The first-order valence-electron chi connectivity index (χ1n) is 6.59. The third kappa shape index (κ3) is 3.55. The molecule has 1 heterocycles. The molecule has 2 rings (SSSR count). The van der Waals surface area contributed by atoms with Gasteiger partial charge in [0.25, 0.3) is 0 Å². The van der Waals surface area contributed by atoms with E-state index in [0.29, 0.717) is 16.5 Å². The lowest BCUT2D eigenvalue weighted by Crippen LogP contribution is -2.40. The topological polar surface area (TPSA) is 87.8 Å². The van der Waals surface area contributed by atoms with Crippen LogP contribution in [0.1, 0.15) is 13.3 Å². The summed E-state index contributed by atoms with van der Waals surface area (Å²) in [6.07, 6.45) is 0.266. The smallest absolute Gasteiger partial charge is 0.237 e. The quantitative estimate of drug-likeness (QED) is 0.639. The number of para-hydroxylation sites is 2. The molecule has 21 heavy (non-hydrogen) atoms. The Hall–Kier alpha value is -2.02. The number of hydrogen-bond acceptors (Lipinski definition) is 4. The Balaban J connectivity index is 2.28. The van der Waals surface area contributed by atoms with Gasteiger partial charge in [0.15, 0.2) is 5.17 Å². The number of nitrogens with one attached hydrogen (secondary N) is 1. The van der Waals surface area contributed by atoms with E-state index in [1.165, 1.54) is 11.8 Å². The Labute approximate surface area is 127 Å². The summed E-state index contributed by atoms with van der Waals surface area (Å²) in [6.45, 7) is 1.86. The van der Waals surface area contributed by atoms with Crippen LogP contribution in [-0.2, 0) is 9.59 Å². The number of carbonyl (C=O) groups excluding carboxylic acids is 2. The van der Waals surface area contributed by atoms with Gasteiger partial charge in [-0.1, -0.05) is 23.9 Å². The standard InChI is InChI=1S/C14H18N4O2S/c1-9-7-12(19)17-10-5-3-4-6-11(10)18(9)13(20)8-21-14(15)16-2/h3-6,9H,7-8H2,1-2H3,(H2,15,16)(H,17,19)/t9-/m1/s1. The Bertz CT molecular complexity index is 588. The van der Waals surface area contributed by atoms with Crippen LogP contribution in [0.4, 0.5) is 11.4 Å². The normalized spacial score (nSPS) is 18.8. The Morgan fingerprint density at radius 2 is 2.24 bits per heavy atom. The van der Waals surface area contributed by atoms with Crippen LogP contribution in [0, 0.1) is 0 Å². The number of anilines is 2. The summed E-state index contributed by atoms with van der Waals surface area (Å²) in [4.78, 5) is 29.8. The van der Waals surface area contributed by atoms with Crippen molar-refractivity contribution in [2.75, 3.05) is 23.0 Å². The number of amides is 2. The zero-order valence-corrected chi connectivity index (χ0v) is 12.8. The van der Waals surface area contributed by atoms with Gasteiger partial charge in [0.1, 0.15) is 0 Å². The summed E-state index contributed by atoms with van der Waals surface area (Å²) in [5.41, 5.74) is 6.98. The first-order valence-corrected chi connectivity index (χ1v) is 7.57. The SMILES string of the molecule is CN=C(N)SCC(=O)N1c2ccccc2NC(=O)C[C@H]1C. The number of hydrogen-bond donors (Lipinski definition) is 2. The summed E-state index contributed by atoms with van der Waals surface area (Å²) in [5.74, 6) is 0.00587. The second kappa shape index (κ2) is 6.62. The fraction of sp³-hybridized carbons (Fsp3) is 0.357. The van der Waals surface area contributed by atoms with E-state index in [0.717, 1.165) is 0 Å². The van der Waals surface area contributed by atoms with Crippen LogP contribution in [-0.4, -0.2) is 35.8 Å². The van der Waals surface area contributed by atoms with Crippen molar-refractivity contribution in [3.8, 4) is 0 Å². The number of fused-ring (bicyclic) bond motifs is 1. The molecule has 0 bridgehead atoms. The van der Waals surface area contributed by atoms with Gasteiger partial charge < -0.3 is 16.0 Å². The predicted octanol–water partition coefficient (Wildman–Crippen LogP) is 1.43. The van der Waals surface area contributed by atoms with Crippen LogP contribution in [0.2, 0.25) is 0 Å². The molecular weight excluding hydrogens is 288 g/mol. The van der Waals surface area contributed by atoms with E-state index in [1.54, 1.807) is 18.0 Å². The molecule has 112 valence electrons. The van der Waals surface area contributed by atoms with Crippen molar-refractivity contribution in [1.29, 1.82) is 0 Å². The third-order valence-electron chi connectivity index (χ3n) is 3.19. The number of amidine groups is 1. The fourth-order valence-electron chi connectivity index (χ4n) is 2.24. The first kappa shape index (κ1) is 15.4. The zero-order valence-electron chi connectivity index (χ0n) is 12.0. The van der Waals surface area contributed by atoms with Gasteiger partial charge in [0.2, 0.25) is 11.8 Å².